The van der Waals surface area contributed by atoms with E-state index in [1.165, 1.54) is 24.0 Å². The van der Waals surface area contributed by atoms with Crippen LogP contribution in [-0.4, -0.2) is 47.3 Å². The first-order valence-electron chi connectivity index (χ1n) is 10.6. The number of carbonyl (C=O) groups excluding carboxylic acids is 1. The van der Waals surface area contributed by atoms with Crippen LogP contribution in [0.4, 0.5) is 5.69 Å². The Hall–Kier alpha value is -2.37. The van der Waals surface area contributed by atoms with Gasteiger partial charge in [-0.3, -0.25) is 9.69 Å². The smallest absolute Gasteiger partial charge is 0.238 e. The zero-order valence-corrected chi connectivity index (χ0v) is 17.1. The van der Waals surface area contributed by atoms with Gasteiger partial charge >= 0.3 is 0 Å². The first-order valence-corrected chi connectivity index (χ1v) is 10.6. The molecular formula is C24H30N2O3. The number of fused-ring (bicyclic) bond motifs is 1. The average molecular weight is 395 g/mol. The summed E-state index contributed by atoms with van der Waals surface area (Å²) in [4.78, 5) is 14.7. The van der Waals surface area contributed by atoms with Crippen LogP contribution in [0.5, 0.6) is 5.75 Å². The van der Waals surface area contributed by atoms with Crippen molar-refractivity contribution in [3.05, 3.63) is 59.7 Å². The van der Waals surface area contributed by atoms with E-state index in [4.69, 9.17) is 4.74 Å². The Morgan fingerprint density at radius 3 is 2.76 bits per heavy atom. The second-order valence-electron chi connectivity index (χ2n) is 8.47. The molecule has 154 valence electrons. The minimum absolute atomic E-state index is 0.0257. The summed E-state index contributed by atoms with van der Waals surface area (Å²) in [5, 5.41) is 14.0. The van der Waals surface area contributed by atoms with Crippen molar-refractivity contribution in [1.29, 1.82) is 0 Å². The summed E-state index contributed by atoms with van der Waals surface area (Å²) >= 11 is 0. The molecule has 29 heavy (non-hydrogen) atoms. The van der Waals surface area contributed by atoms with Gasteiger partial charge in [-0.1, -0.05) is 30.3 Å². The molecule has 1 amide bonds. The lowest BCUT2D eigenvalue weighted by molar-refractivity contribution is -0.123. The Bertz CT molecular complexity index is 850. The molecule has 0 aromatic heterocycles. The molecule has 2 atom stereocenters. The van der Waals surface area contributed by atoms with Crippen LogP contribution in [0.3, 0.4) is 0 Å². The van der Waals surface area contributed by atoms with Crippen molar-refractivity contribution in [2.24, 2.45) is 0 Å². The van der Waals surface area contributed by atoms with Crippen molar-refractivity contribution in [1.82, 2.24) is 4.90 Å². The van der Waals surface area contributed by atoms with Crippen LogP contribution in [-0.2, 0) is 17.6 Å². The number of carbonyl (C=O) groups is 1. The number of aliphatic hydroxyl groups is 1. The molecule has 0 radical (unpaired) electrons. The van der Waals surface area contributed by atoms with Gasteiger partial charge in [0.05, 0.1) is 6.54 Å². The number of hydrogen-bond acceptors (Lipinski definition) is 4. The number of ether oxygens (including phenoxy) is 1. The highest BCUT2D eigenvalue weighted by atomic mass is 16.5. The highest BCUT2D eigenvalue weighted by molar-refractivity contribution is 5.93. The van der Waals surface area contributed by atoms with Gasteiger partial charge in [0, 0.05) is 18.8 Å². The lowest BCUT2D eigenvalue weighted by Crippen LogP contribution is -2.58. The SMILES string of the molecule is C[C@]1(O)CN(CC(=O)Nc2cccc3c2CCCC3)CC[C@@H]1Oc1ccccc1. The predicted octanol–water partition coefficient (Wildman–Crippen LogP) is 3.41. The maximum Gasteiger partial charge on any atom is 0.238 e. The van der Waals surface area contributed by atoms with Crippen LogP contribution in [0, 0.1) is 0 Å². The number of benzene rings is 2. The van der Waals surface area contributed by atoms with Crippen LogP contribution in [0.15, 0.2) is 48.5 Å². The fraction of sp³-hybridized carbons (Fsp3) is 0.458. The fourth-order valence-corrected chi connectivity index (χ4v) is 4.52. The first-order chi connectivity index (χ1) is 14.0. The standard InChI is InChI=1S/C24H30N2O3/c1-24(28)17-26(15-14-22(24)29-19-10-3-2-4-11-19)16-23(27)25-21-13-7-9-18-8-5-6-12-20(18)21/h2-4,7,9-11,13,22,28H,5-6,8,12,14-17H2,1H3,(H,25,27)/t22-,24-/m0/s1. The van der Waals surface area contributed by atoms with Gasteiger partial charge in [0.15, 0.2) is 0 Å². The Morgan fingerprint density at radius 2 is 1.97 bits per heavy atom. The molecule has 2 aromatic carbocycles. The van der Waals surface area contributed by atoms with Gasteiger partial charge in [-0.15, -0.1) is 0 Å². The zero-order valence-electron chi connectivity index (χ0n) is 17.1. The van der Waals surface area contributed by atoms with Gasteiger partial charge in [-0.25, -0.2) is 0 Å². The monoisotopic (exact) mass is 394 g/mol. The quantitative estimate of drug-likeness (QED) is 0.816. The van der Waals surface area contributed by atoms with Gasteiger partial charge in [0.2, 0.25) is 5.91 Å². The molecule has 0 bridgehead atoms. The van der Waals surface area contributed by atoms with Crippen LogP contribution in [0.1, 0.15) is 37.3 Å². The van der Waals surface area contributed by atoms with Gasteiger partial charge < -0.3 is 15.2 Å². The van der Waals surface area contributed by atoms with E-state index in [9.17, 15) is 9.90 Å². The topological polar surface area (TPSA) is 61.8 Å². The molecule has 2 aromatic rings. The number of nitrogens with one attached hydrogen (secondary N) is 1. The van der Waals surface area contributed by atoms with Crippen molar-refractivity contribution < 1.29 is 14.6 Å². The number of anilines is 1. The lowest BCUT2D eigenvalue weighted by atomic mass is 9.90. The molecule has 4 rings (SSSR count). The van der Waals surface area contributed by atoms with Crippen LogP contribution in [0.2, 0.25) is 0 Å². The summed E-state index contributed by atoms with van der Waals surface area (Å²) in [5.74, 6) is 0.736. The largest absolute Gasteiger partial charge is 0.487 e. The van der Waals surface area contributed by atoms with Crippen LogP contribution < -0.4 is 10.1 Å². The number of amides is 1. The molecule has 0 saturated carbocycles. The highest BCUT2D eigenvalue weighted by Gasteiger charge is 2.40. The summed E-state index contributed by atoms with van der Waals surface area (Å²) < 4.78 is 6.00. The molecule has 5 nitrogen and oxygen atoms in total. The van der Waals surface area contributed by atoms with Gasteiger partial charge in [-0.2, -0.15) is 0 Å². The molecule has 1 heterocycles. The van der Waals surface area contributed by atoms with E-state index >= 15 is 0 Å². The highest BCUT2D eigenvalue weighted by Crippen LogP contribution is 2.29. The van der Waals surface area contributed by atoms with Gasteiger partial charge in [-0.05, 0) is 68.4 Å². The Balaban J connectivity index is 1.34. The van der Waals surface area contributed by atoms with Crippen molar-refractivity contribution in [2.45, 2.75) is 50.7 Å². The molecule has 0 spiro atoms. The number of para-hydroxylation sites is 1. The van der Waals surface area contributed by atoms with E-state index in [0.717, 1.165) is 24.3 Å². The molecule has 2 aliphatic rings. The number of nitrogens with zero attached hydrogens (tertiary/aromatic N) is 1. The van der Waals surface area contributed by atoms with E-state index in [0.29, 0.717) is 19.5 Å². The number of likely N-dealkylation sites (tertiary alicyclic amines) is 1. The first kappa shape index (κ1) is 19.9. The van der Waals surface area contributed by atoms with Crippen molar-refractivity contribution in [3.8, 4) is 5.75 Å². The van der Waals surface area contributed by atoms with Crippen LogP contribution >= 0.6 is 0 Å². The molecule has 0 unspecified atom stereocenters. The zero-order chi connectivity index (χ0) is 20.3. The molecule has 2 N–H and O–H groups in total. The Morgan fingerprint density at radius 1 is 1.17 bits per heavy atom. The minimum atomic E-state index is -1.01. The second-order valence-corrected chi connectivity index (χ2v) is 8.47. The minimum Gasteiger partial charge on any atom is -0.487 e. The number of piperidine rings is 1. The summed E-state index contributed by atoms with van der Waals surface area (Å²) in [6.45, 7) is 3.19. The maximum absolute atomic E-state index is 12.7. The lowest BCUT2D eigenvalue weighted by Gasteiger charge is -2.42. The van der Waals surface area contributed by atoms with E-state index < -0.39 is 5.60 Å². The van der Waals surface area contributed by atoms with Crippen molar-refractivity contribution >= 4 is 11.6 Å². The third-order valence-electron chi connectivity index (χ3n) is 6.00. The number of aryl methyl sites for hydroxylation is 1. The molecule has 1 aliphatic carbocycles. The van der Waals surface area contributed by atoms with E-state index in [1.54, 1.807) is 6.92 Å². The van der Waals surface area contributed by atoms with E-state index in [2.05, 4.69) is 11.4 Å². The van der Waals surface area contributed by atoms with E-state index in [-0.39, 0.29) is 18.6 Å². The maximum atomic E-state index is 12.7. The third-order valence-corrected chi connectivity index (χ3v) is 6.00. The average Bonchev–Trinajstić information content (AvgIpc) is 2.71. The summed E-state index contributed by atoms with van der Waals surface area (Å²) in [6, 6.07) is 15.8. The molecule has 5 heteroatoms. The summed E-state index contributed by atoms with van der Waals surface area (Å²) in [7, 11) is 0. The Kier molecular flexibility index (Phi) is 5.88. The van der Waals surface area contributed by atoms with E-state index in [1.807, 2.05) is 47.4 Å². The van der Waals surface area contributed by atoms with Crippen molar-refractivity contribution in [3.63, 3.8) is 0 Å². The van der Waals surface area contributed by atoms with Crippen LogP contribution in [0.25, 0.3) is 0 Å². The van der Waals surface area contributed by atoms with Gasteiger partial charge in [0.1, 0.15) is 17.5 Å². The Labute approximate surface area is 172 Å². The number of hydrogen-bond donors (Lipinski definition) is 2. The second kappa shape index (κ2) is 8.56. The number of β-amino-alcohol motifs (C(OH)–C–C–N with tert-alkyl or cyclic N) is 1. The molecular weight excluding hydrogens is 364 g/mol. The van der Waals surface area contributed by atoms with Crippen molar-refractivity contribution in [2.75, 3.05) is 25.0 Å². The number of rotatable bonds is 5. The summed E-state index contributed by atoms with van der Waals surface area (Å²) in [6.07, 6.45) is 4.91. The summed E-state index contributed by atoms with van der Waals surface area (Å²) in [5.41, 5.74) is 2.58. The molecule has 1 aliphatic heterocycles. The normalized spacial score (nSPS) is 24.6. The predicted molar refractivity (Wildman–Crippen MR) is 114 cm³/mol. The molecule has 1 fully saturated rings. The fourth-order valence-electron chi connectivity index (χ4n) is 4.52. The van der Waals surface area contributed by atoms with Gasteiger partial charge in [0.25, 0.3) is 0 Å². The molecule has 1 saturated heterocycles. The third kappa shape index (κ3) is 4.80.